The minimum atomic E-state index is 0.0865. The highest BCUT2D eigenvalue weighted by molar-refractivity contribution is 7.80. The number of benzene rings is 2. The highest BCUT2D eigenvalue weighted by Crippen LogP contribution is 2.17. The van der Waals surface area contributed by atoms with Crippen molar-refractivity contribution >= 4 is 34.6 Å². The van der Waals surface area contributed by atoms with Gasteiger partial charge < -0.3 is 20.0 Å². The van der Waals surface area contributed by atoms with Crippen LogP contribution in [0.5, 0.6) is 0 Å². The lowest BCUT2D eigenvalue weighted by Crippen LogP contribution is -2.51. The lowest BCUT2D eigenvalue weighted by atomic mass is 10.2. The van der Waals surface area contributed by atoms with Gasteiger partial charge in [0.2, 0.25) is 0 Å². The topological polar surface area (TPSA) is 38.8 Å². The molecule has 1 amide bonds. The molecule has 1 fully saturated rings. The van der Waals surface area contributed by atoms with Crippen LogP contribution < -0.4 is 10.2 Å². The Bertz CT molecular complexity index is 753. The summed E-state index contributed by atoms with van der Waals surface area (Å²) in [7, 11) is 4.03. The van der Waals surface area contributed by atoms with Crippen LogP contribution in [0, 0.1) is 0 Å². The Labute approximate surface area is 160 Å². The Hall–Kier alpha value is -2.60. The number of rotatable bonds is 3. The van der Waals surface area contributed by atoms with E-state index in [1.165, 1.54) is 0 Å². The predicted octanol–water partition coefficient (Wildman–Crippen LogP) is 2.91. The molecular weight excluding hydrogens is 344 g/mol. The van der Waals surface area contributed by atoms with Crippen LogP contribution in [0.15, 0.2) is 54.6 Å². The monoisotopic (exact) mass is 368 g/mol. The largest absolute Gasteiger partial charge is 0.378 e. The third-order valence-corrected chi connectivity index (χ3v) is 4.87. The van der Waals surface area contributed by atoms with E-state index in [1.807, 2.05) is 61.5 Å². The first-order chi connectivity index (χ1) is 12.5. The van der Waals surface area contributed by atoms with Crippen molar-refractivity contribution in [3.63, 3.8) is 0 Å². The minimum Gasteiger partial charge on any atom is -0.378 e. The third-order valence-electron chi connectivity index (χ3n) is 4.51. The molecule has 0 saturated carbocycles. The zero-order valence-corrected chi connectivity index (χ0v) is 16.0. The molecular formula is C20H24N4OS. The quantitative estimate of drug-likeness (QED) is 0.844. The van der Waals surface area contributed by atoms with Crippen LogP contribution in [0.4, 0.5) is 11.4 Å². The third kappa shape index (κ3) is 4.32. The van der Waals surface area contributed by atoms with Gasteiger partial charge in [-0.1, -0.05) is 18.2 Å². The standard InChI is InChI=1S/C20H24N4OS/c1-22(2)18-10-8-17(9-11-18)21-20(26)24-14-12-23(13-15-24)19(25)16-6-4-3-5-7-16/h3-11H,12-15H2,1-2H3,(H,21,26). The summed E-state index contributed by atoms with van der Waals surface area (Å²) < 4.78 is 0. The molecule has 0 radical (unpaired) electrons. The van der Waals surface area contributed by atoms with Crippen LogP contribution in [-0.4, -0.2) is 61.1 Å². The number of hydrogen-bond acceptors (Lipinski definition) is 3. The number of carbonyl (C=O) groups is 1. The van der Waals surface area contributed by atoms with Gasteiger partial charge in [-0.2, -0.15) is 0 Å². The van der Waals surface area contributed by atoms with Crippen LogP contribution in [0.25, 0.3) is 0 Å². The average Bonchev–Trinajstić information content (AvgIpc) is 2.68. The van der Waals surface area contributed by atoms with Gasteiger partial charge in [0.05, 0.1) is 0 Å². The van der Waals surface area contributed by atoms with Crippen LogP contribution in [0.3, 0.4) is 0 Å². The molecule has 1 saturated heterocycles. The molecule has 2 aromatic carbocycles. The molecule has 26 heavy (non-hydrogen) atoms. The maximum atomic E-state index is 12.5. The van der Waals surface area contributed by atoms with Crippen LogP contribution >= 0.6 is 12.2 Å². The number of hydrogen-bond donors (Lipinski definition) is 1. The van der Waals surface area contributed by atoms with E-state index in [4.69, 9.17) is 12.2 Å². The molecule has 0 spiro atoms. The minimum absolute atomic E-state index is 0.0865. The van der Waals surface area contributed by atoms with Crippen molar-refractivity contribution in [3.8, 4) is 0 Å². The summed E-state index contributed by atoms with van der Waals surface area (Å²) in [5.74, 6) is 0.0865. The smallest absolute Gasteiger partial charge is 0.253 e. The molecule has 3 rings (SSSR count). The first-order valence-corrected chi connectivity index (χ1v) is 9.13. The van der Waals surface area contributed by atoms with Gasteiger partial charge in [-0.3, -0.25) is 4.79 Å². The number of thiocarbonyl (C=S) groups is 1. The molecule has 0 aliphatic carbocycles. The average molecular weight is 369 g/mol. The van der Waals surface area contributed by atoms with E-state index in [-0.39, 0.29) is 5.91 Å². The van der Waals surface area contributed by atoms with Gasteiger partial charge in [0.15, 0.2) is 5.11 Å². The zero-order chi connectivity index (χ0) is 18.5. The van der Waals surface area contributed by atoms with Gasteiger partial charge in [0, 0.05) is 57.2 Å². The fourth-order valence-corrected chi connectivity index (χ4v) is 3.22. The maximum Gasteiger partial charge on any atom is 0.253 e. The molecule has 1 heterocycles. The van der Waals surface area contributed by atoms with Crippen molar-refractivity contribution < 1.29 is 4.79 Å². The second kappa shape index (κ2) is 8.19. The fourth-order valence-electron chi connectivity index (χ4n) is 2.92. The molecule has 1 aliphatic heterocycles. The number of carbonyl (C=O) groups excluding carboxylic acids is 1. The van der Waals surface area contributed by atoms with Crippen molar-refractivity contribution in [1.29, 1.82) is 0 Å². The number of anilines is 2. The molecule has 1 N–H and O–H groups in total. The molecule has 0 bridgehead atoms. The summed E-state index contributed by atoms with van der Waals surface area (Å²) in [5.41, 5.74) is 2.86. The number of amides is 1. The van der Waals surface area contributed by atoms with Crippen molar-refractivity contribution in [2.24, 2.45) is 0 Å². The Morgan fingerprint density at radius 1 is 0.923 bits per heavy atom. The molecule has 136 valence electrons. The Balaban J connectivity index is 1.52. The second-order valence-corrected chi connectivity index (χ2v) is 6.90. The van der Waals surface area contributed by atoms with E-state index in [0.29, 0.717) is 18.2 Å². The van der Waals surface area contributed by atoms with Crippen molar-refractivity contribution in [3.05, 3.63) is 60.2 Å². The zero-order valence-electron chi connectivity index (χ0n) is 15.2. The Morgan fingerprint density at radius 2 is 1.50 bits per heavy atom. The molecule has 1 aliphatic rings. The summed E-state index contributed by atoms with van der Waals surface area (Å²) in [6, 6.07) is 17.6. The van der Waals surface area contributed by atoms with Crippen LogP contribution in [0.1, 0.15) is 10.4 Å². The second-order valence-electron chi connectivity index (χ2n) is 6.52. The van der Waals surface area contributed by atoms with E-state index < -0.39 is 0 Å². The summed E-state index contributed by atoms with van der Waals surface area (Å²) in [4.78, 5) is 18.6. The van der Waals surface area contributed by atoms with Crippen molar-refractivity contribution in [1.82, 2.24) is 9.80 Å². The van der Waals surface area contributed by atoms with Crippen LogP contribution in [-0.2, 0) is 0 Å². The lowest BCUT2D eigenvalue weighted by molar-refractivity contribution is 0.0693. The molecule has 6 heteroatoms. The van der Waals surface area contributed by atoms with Gasteiger partial charge in [0.1, 0.15) is 0 Å². The van der Waals surface area contributed by atoms with E-state index in [9.17, 15) is 4.79 Å². The van der Waals surface area contributed by atoms with Crippen molar-refractivity contribution in [2.75, 3.05) is 50.5 Å². The number of nitrogens with one attached hydrogen (secondary N) is 1. The SMILES string of the molecule is CN(C)c1ccc(NC(=S)N2CCN(C(=O)c3ccccc3)CC2)cc1. The molecule has 0 unspecified atom stereocenters. The molecule has 2 aromatic rings. The van der Waals surface area contributed by atoms with Gasteiger partial charge >= 0.3 is 0 Å². The van der Waals surface area contributed by atoms with E-state index in [1.54, 1.807) is 0 Å². The van der Waals surface area contributed by atoms with Gasteiger partial charge in [-0.25, -0.2) is 0 Å². The first-order valence-electron chi connectivity index (χ1n) is 8.72. The van der Waals surface area contributed by atoms with Gasteiger partial charge in [0.25, 0.3) is 5.91 Å². The summed E-state index contributed by atoms with van der Waals surface area (Å²) in [6.45, 7) is 2.82. The highest BCUT2D eigenvalue weighted by atomic mass is 32.1. The summed E-state index contributed by atoms with van der Waals surface area (Å²) >= 11 is 5.54. The first kappa shape index (κ1) is 18.2. The molecule has 5 nitrogen and oxygen atoms in total. The van der Waals surface area contributed by atoms with E-state index in [0.717, 1.165) is 30.0 Å². The van der Waals surface area contributed by atoms with Crippen molar-refractivity contribution in [2.45, 2.75) is 0 Å². The summed E-state index contributed by atoms with van der Waals surface area (Å²) in [6.07, 6.45) is 0. The van der Waals surface area contributed by atoms with Crippen LogP contribution in [0.2, 0.25) is 0 Å². The van der Waals surface area contributed by atoms with Gasteiger partial charge in [-0.05, 0) is 48.6 Å². The summed E-state index contributed by atoms with van der Waals surface area (Å²) in [5, 5.41) is 3.99. The fraction of sp³-hybridized carbons (Fsp3) is 0.300. The normalized spacial score (nSPS) is 14.1. The Morgan fingerprint density at radius 3 is 2.08 bits per heavy atom. The molecule has 0 aromatic heterocycles. The maximum absolute atomic E-state index is 12.5. The van der Waals surface area contributed by atoms with E-state index in [2.05, 4.69) is 27.2 Å². The number of piperazine rings is 1. The van der Waals surface area contributed by atoms with E-state index >= 15 is 0 Å². The predicted molar refractivity (Wildman–Crippen MR) is 111 cm³/mol. The number of nitrogens with zero attached hydrogens (tertiary/aromatic N) is 3. The molecule has 0 atom stereocenters. The van der Waals surface area contributed by atoms with Gasteiger partial charge in [-0.15, -0.1) is 0 Å². The Kier molecular flexibility index (Phi) is 5.73. The lowest BCUT2D eigenvalue weighted by Gasteiger charge is -2.36. The highest BCUT2D eigenvalue weighted by Gasteiger charge is 2.23.